The van der Waals surface area contributed by atoms with Crippen LogP contribution >= 0.6 is 11.3 Å². The van der Waals surface area contributed by atoms with E-state index in [9.17, 15) is 0 Å². The molecule has 0 aromatic carbocycles. The van der Waals surface area contributed by atoms with Gasteiger partial charge >= 0.3 is 0 Å². The van der Waals surface area contributed by atoms with Crippen LogP contribution in [0.3, 0.4) is 0 Å². The van der Waals surface area contributed by atoms with E-state index >= 15 is 0 Å². The largest absolute Gasteiger partial charge is 0.314 e. The van der Waals surface area contributed by atoms with Crippen LogP contribution in [0.5, 0.6) is 0 Å². The van der Waals surface area contributed by atoms with Gasteiger partial charge in [-0.25, -0.2) is 4.98 Å². The Morgan fingerprint density at radius 1 is 1.43 bits per heavy atom. The van der Waals surface area contributed by atoms with Crippen LogP contribution in [0.2, 0.25) is 0 Å². The second kappa shape index (κ2) is 4.41. The summed E-state index contributed by atoms with van der Waals surface area (Å²) in [5.74, 6) is 0. The fourth-order valence-electron chi connectivity index (χ4n) is 2.08. The highest BCUT2D eigenvalue weighted by molar-refractivity contribution is 7.11. The van der Waals surface area contributed by atoms with E-state index in [1.165, 1.54) is 47.8 Å². The van der Waals surface area contributed by atoms with E-state index in [0.717, 1.165) is 0 Å². The van der Waals surface area contributed by atoms with Crippen molar-refractivity contribution >= 4 is 11.3 Å². The van der Waals surface area contributed by atoms with Gasteiger partial charge in [-0.2, -0.15) is 0 Å². The van der Waals surface area contributed by atoms with Gasteiger partial charge in [0.2, 0.25) is 0 Å². The number of piperidine rings is 1. The average molecular weight is 210 g/mol. The van der Waals surface area contributed by atoms with E-state index in [4.69, 9.17) is 0 Å². The molecular formula is C11H18N2S. The molecule has 0 bridgehead atoms. The van der Waals surface area contributed by atoms with Gasteiger partial charge in [-0.1, -0.05) is 6.42 Å². The molecule has 2 nitrogen and oxygen atoms in total. The van der Waals surface area contributed by atoms with E-state index in [1.54, 1.807) is 0 Å². The number of thiazole rings is 1. The van der Waals surface area contributed by atoms with Crippen molar-refractivity contribution in [3.8, 4) is 0 Å². The Hall–Kier alpha value is -0.410. The van der Waals surface area contributed by atoms with Gasteiger partial charge in [-0.05, 0) is 39.7 Å². The predicted molar refractivity (Wildman–Crippen MR) is 60.9 cm³/mol. The Morgan fingerprint density at radius 2 is 2.29 bits per heavy atom. The van der Waals surface area contributed by atoms with Crippen molar-refractivity contribution in [3.05, 3.63) is 15.6 Å². The molecule has 1 aliphatic rings. The summed E-state index contributed by atoms with van der Waals surface area (Å²) in [5.41, 5.74) is 1.24. The van der Waals surface area contributed by atoms with Crippen LogP contribution < -0.4 is 5.32 Å². The summed E-state index contributed by atoms with van der Waals surface area (Å²) in [7, 11) is 0. The number of aryl methyl sites for hydroxylation is 2. The van der Waals surface area contributed by atoms with Gasteiger partial charge in [0.1, 0.15) is 0 Å². The van der Waals surface area contributed by atoms with Gasteiger partial charge in [-0.15, -0.1) is 11.3 Å². The molecule has 78 valence electrons. The zero-order valence-electron chi connectivity index (χ0n) is 8.97. The van der Waals surface area contributed by atoms with Crippen LogP contribution in [0.15, 0.2) is 0 Å². The standard InChI is InChI=1S/C11H18N2S/c1-8-11(14-9(2)13-8)7-10-5-3-4-6-12-10/h10,12H,3-7H2,1-2H3. The normalized spacial score (nSPS) is 22.6. The minimum absolute atomic E-state index is 0.697. The van der Waals surface area contributed by atoms with Gasteiger partial charge in [-0.3, -0.25) is 0 Å². The third-order valence-electron chi connectivity index (χ3n) is 2.84. The van der Waals surface area contributed by atoms with Gasteiger partial charge in [0.25, 0.3) is 0 Å². The van der Waals surface area contributed by atoms with E-state index in [-0.39, 0.29) is 0 Å². The number of nitrogens with zero attached hydrogens (tertiary/aromatic N) is 1. The molecule has 1 atom stereocenters. The second-order valence-corrected chi connectivity index (χ2v) is 5.38. The van der Waals surface area contributed by atoms with Crippen LogP contribution in [0.4, 0.5) is 0 Å². The lowest BCUT2D eigenvalue weighted by Gasteiger charge is -2.22. The highest BCUT2D eigenvalue weighted by Crippen LogP contribution is 2.21. The Morgan fingerprint density at radius 3 is 2.86 bits per heavy atom. The molecule has 0 saturated carbocycles. The van der Waals surface area contributed by atoms with Gasteiger partial charge < -0.3 is 5.32 Å². The van der Waals surface area contributed by atoms with Crippen LogP contribution in [0.25, 0.3) is 0 Å². The molecule has 1 N–H and O–H groups in total. The SMILES string of the molecule is Cc1nc(C)c(CC2CCCCN2)s1. The molecule has 1 unspecified atom stereocenters. The first-order valence-corrected chi connectivity index (χ1v) is 6.23. The maximum atomic E-state index is 4.47. The van der Waals surface area contributed by atoms with E-state index in [1.807, 2.05) is 11.3 Å². The number of aromatic nitrogens is 1. The first-order valence-electron chi connectivity index (χ1n) is 5.42. The summed E-state index contributed by atoms with van der Waals surface area (Å²) >= 11 is 1.86. The maximum absolute atomic E-state index is 4.47. The number of hydrogen-bond acceptors (Lipinski definition) is 3. The summed E-state index contributed by atoms with van der Waals surface area (Å²) < 4.78 is 0. The number of hydrogen-bond donors (Lipinski definition) is 1. The summed E-state index contributed by atoms with van der Waals surface area (Å²) in [4.78, 5) is 5.94. The van der Waals surface area contributed by atoms with Crippen LogP contribution in [0.1, 0.15) is 34.8 Å². The van der Waals surface area contributed by atoms with Gasteiger partial charge in [0, 0.05) is 10.9 Å². The fraction of sp³-hybridized carbons (Fsp3) is 0.727. The molecule has 2 heterocycles. The van der Waals surface area contributed by atoms with Gasteiger partial charge in [0.15, 0.2) is 0 Å². The minimum Gasteiger partial charge on any atom is -0.314 e. The Balaban J connectivity index is 1.98. The van der Waals surface area contributed by atoms with E-state index in [0.29, 0.717) is 6.04 Å². The van der Waals surface area contributed by atoms with E-state index in [2.05, 4.69) is 24.1 Å². The van der Waals surface area contributed by atoms with Crippen molar-refractivity contribution in [2.75, 3.05) is 6.54 Å². The molecule has 1 aromatic rings. The lowest BCUT2D eigenvalue weighted by atomic mass is 10.0. The first kappa shape index (κ1) is 10.1. The third kappa shape index (κ3) is 2.34. The highest BCUT2D eigenvalue weighted by Gasteiger charge is 2.15. The van der Waals surface area contributed by atoms with Crippen molar-refractivity contribution in [1.29, 1.82) is 0 Å². The third-order valence-corrected chi connectivity index (χ3v) is 3.94. The smallest absolute Gasteiger partial charge is 0.0900 e. The molecule has 0 aliphatic carbocycles. The molecule has 14 heavy (non-hydrogen) atoms. The average Bonchev–Trinajstić information content (AvgIpc) is 2.47. The number of rotatable bonds is 2. The molecule has 0 spiro atoms. The van der Waals surface area contributed by atoms with Crippen LogP contribution in [-0.2, 0) is 6.42 Å². The molecule has 1 fully saturated rings. The number of nitrogens with one attached hydrogen (secondary N) is 1. The Labute approximate surface area is 89.8 Å². The predicted octanol–water partition coefficient (Wildman–Crippen LogP) is 2.44. The summed E-state index contributed by atoms with van der Waals surface area (Å²) in [6, 6.07) is 0.697. The molecule has 1 aromatic heterocycles. The van der Waals surface area contributed by atoms with Gasteiger partial charge in [0.05, 0.1) is 10.7 Å². The van der Waals surface area contributed by atoms with Crippen molar-refractivity contribution in [1.82, 2.24) is 10.3 Å². The minimum atomic E-state index is 0.697. The molecular weight excluding hydrogens is 192 g/mol. The Bertz CT molecular complexity index is 300. The van der Waals surface area contributed by atoms with E-state index < -0.39 is 0 Å². The van der Waals surface area contributed by atoms with Crippen molar-refractivity contribution < 1.29 is 0 Å². The van der Waals surface area contributed by atoms with Crippen molar-refractivity contribution in [2.24, 2.45) is 0 Å². The summed E-state index contributed by atoms with van der Waals surface area (Å²) in [6.45, 7) is 5.42. The van der Waals surface area contributed by atoms with Crippen molar-refractivity contribution in [2.45, 2.75) is 45.6 Å². The molecule has 0 radical (unpaired) electrons. The monoisotopic (exact) mass is 210 g/mol. The lowest BCUT2D eigenvalue weighted by molar-refractivity contribution is 0.400. The molecule has 1 saturated heterocycles. The first-order chi connectivity index (χ1) is 6.75. The molecule has 3 heteroatoms. The lowest BCUT2D eigenvalue weighted by Crippen LogP contribution is -2.35. The summed E-state index contributed by atoms with van der Waals surface area (Å²) in [6.07, 6.45) is 5.24. The molecule has 1 aliphatic heterocycles. The fourth-order valence-corrected chi connectivity index (χ4v) is 3.10. The zero-order chi connectivity index (χ0) is 9.97. The maximum Gasteiger partial charge on any atom is 0.0900 e. The zero-order valence-corrected chi connectivity index (χ0v) is 9.78. The van der Waals surface area contributed by atoms with Crippen LogP contribution in [-0.4, -0.2) is 17.6 Å². The second-order valence-electron chi connectivity index (χ2n) is 4.09. The highest BCUT2D eigenvalue weighted by atomic mass is 32.1. The topological polar surface area (TPSA) is 24.9 Å². The quantitative estimate of drug-likeness (QED) is 0.811. The Kier molecular flexibility index (Phi) is 3.19. The summed E-state index contributed by atoms with van der Waals surface area (Å²) in [5, 5.41) is 4.79. The van der Waals surface area contributed by atoms with Crippen molar-refractivity contribution in [3.63, 3.8) is 0 Å². The molecule has 2 rings (SSSR count). The van der Waals surface area contributed by atoms with Crippen LogP contribution in [0, 0.1) is 13.8 Å². The molecule has 0 amide bonds.